The van der Waals surface area contributed by atoms with E-state index in [1.165, 1.54) is 12.1 Å². The first-order valence-corrected chi connectivity index (χ1v) is 5.44. The minimum atomic E-state index is -1.22. The molecular formula is C10H7BrFNO4. The van der Waals surface area contributed by atoms with Gasteiger partial charge in [-0.25, -0.2) is 4.39 Å². The molecule has 17 heavy (non-hydrogen) atoms. The third-order valence-corrected chi connectivity index (χ3v) is 2.61. The van der Waals surface area contributed by atoms with E-state index in [1.54, 1.807) is 6.07 Å². The van der Waals surface area contributed by atoms with Gasteiger partial charge in [-0.2, -0.15) is 0 Å². The number of hydrogen-bond acceptors (Lipinski definition) is 5. The lowest BCUT2D eigenvalue weighted by Gasteiger charge is -2.23. The highest BCUT2D eigenvalue weighted by Gasteiger charge is 2.27. The van der Waals surface area contributed by atoms with Crippen LogP contribution in [0.25, 0.3) is 0 Å². The number of cyclic esters (lactones) is 2. The van der Waals surface area contributed by atoms with Crippen molar-refractivity contribution in [1.82, 2.24) is 0 Å². The molecule has 1 aromatic carbocycles. The van der Waals surface area contributed by atoms with Gasteiger partial charge >= 0.3 is 18.4 Å². The van der Waals surface area contributed by atoms with E-state index < -0.39 is 30.6 Å². The summed E-state index contributed by atoms with van der Waals surface area (Å²) in [6.45, 7) is 0. The third-order valence-electron chi connectivity index (χ3n) is 1.97. The number of halogens is 2. The maximum Gasteiger partial charge on any atom is 0.329 e. The molecule has 2 rings (SSSR count). The van der Waals surface area contributed by atoms with E-state index in [0.29, 0.717) is 10.2 Å². The van der Waals surface area contributed by atoms with Crippen LogP contribution in [0.4, 0.5) is 10.1 Å². The van der Waals surface area contributed by atoms with Crippen LogP contribution in [0.5, 0.6) is 0 Å². The molecule has 1 N–H and O–H groups in total. The molecule has 1 aliphatic heterocycles. The number of carbonyl (C=O) groups excluding carboxylic acids is 2. The van der Waals surface area contributed by atoms with Crippen LogP contribution >= 0.6 is 15.9 Å². The molecule has 0 saturated carbocycles. The molecule has 0 unspecified atom stereocenters. The molecule has 90 valence electrons. The SMILES string of the molecule is O=C1CC(=O)OC(Nc2ccc(Br)c(F)c2)O1. The van der Waals surface area contributed by atoms with Crippen LogP contribution in [-0.4, -0.2) is 18.4 Å². The maximum atomic E-state index is 13.2. The summed E-state index contributed by atoms with van der Waals surface area (Å²) in [4.78, 5) is 21.9. The normalized spacial score (nSPS) is 16.4. The smallest absolute Gasteiger partial charge is 0.329 e. The van der Waals surface area contributed by atoms with Crippen molar-refractivity contribution in [2.24, 2.45) is 0 Å². The van der Waals surface area contributed by atoms with E-state index in [9.17, 15) is 14.0 Å². The predicted octanol–water partition coefficient (Wildman–Crippen LogP) is 1.77. The van der Waals surface area contributed by atoms with E-state index in [2.05, 4.69) is 21.2 Å². The first-order valence-electron chi connectivity index (χ1n) is 4.65. The van der Waals surface area contributed by atoms with Crippen molar-refractivity contribution in [2.75, 3.05) is 5.32 Å². The number of ether oxygens (including phenoxy) is 2. The largest absolute Gasteiger partial charge is 0.406 e. The van der Waals surface area contributed by atoms with Crippen molar-refractivity contribution in [2.45, 2.75) is 12.8 Å². The van der Waals surface area contributed by atoms with Gasteiger partial charge in [0.05, 0.1) is 4.47 Å². The molecule has 1 aromatic rings. The number of hydrogen-bond donors (Lipinski definition) is 1. The van der Waals surface area contributed by atoms with Crippen molar-refractivity contribution in [3.63, 3.8) is 0 Å². The second-order valence-corrected chi connectivity index (χ2v) is 4.12. The Morgan fingerprint density at radius 2 is 1.94 bits per heavy atom. The summed E-state index contributed by atoms with van der Waals surface area (Å²) in [5.74, 6) is -1.85. The van der Waals surface area contributed by atoms with Crippen molar-refractivity contribution in [3.05, 3.63) is 28.5 Å². The van der Waals surface area contributed by atoms with Crippen molar-refractivity contribution >= 4 is 33.6 Å². The standard InChI is InChI=1S/C10H7BrFNO4/c11-6-2-1-5(3-7(6)12)13-10-16-8(14)4-9(15)17-10/h1-3,10,13H,4H2. The fourth-order valence-electron chi connectivity index (χ4n) is 1.24. The molecule has 1 fully saturated rings. The Morgan fingerprint density at radius 3 is 2.53 bits per heavy atom. The summed E-state index contributed by atoms with van der Waals surface area (Å²) in [6.07, 6.45) is -1.63. The highest BCUT2D eigenvalue weighted by atomic mass is 79.9. The van der Waals surface area contributed by atoms with Crippen LogP contribution in [0.2, 0.25) is 0 Å². The molecule has 0 radical (unpaired) electrons. The highest BCUT2D eigenvalue weighted by molar-refractivity contribution is 9.10. The first-order chi connectivity index (χ1) is 8.04. The maximum absolute atomic E-state index is 13.2. The van der Waals surface area contributed by atoms with Gasteiger partial charge in [0.15, 0.2) is 0 Å². The van der Waals surface area contributed by atoms with E-state index in [4.69, 9.17) is 9.47 Å². The zero-order valence-corrected chi connectivity index (χ0v) is 9.99. The van der Waals surface area contributed by atoms with Gasteiger partial charge in [-0.3, -0.25) is 9.59 Å². The lowest BCUT2D eigenvalue weighted by molar-refractivity contribution is -0.197. The Labute approximate surface area is 104 Å². The third kappa shape index (κ3) is 2.94. The summed E-state index contributed by atoms with van der Waals surface area (Å²) in [7, 11) is 0. The van der Waals surface area contributed by atoms with Gasteiger partial charge < -0.3 is 14.8 Å². The molecule has 7 heteroatoms. The summed E-state index contributed by atoms with van der Waals surface area (Å²) < 4.78 is 22.9. The van der Waals surface area contributed by atoms with E-state index >= 15 is 0 Å². The number of carbonyl (C=O) groups is 2. The average molecular weight is 304 g/mol. The number of benzene rings is 1. The van der Waals surface area contributed by atoms with E-state index in [0.717, 1.165) is 0 Å². The molecule has 0 bridgehead atoms. The summed E-state index contributed by atoms with van der Waals surface area (Å²) in [6, 6.07) is 4.20. The molecule has 0 spiro atoms. The lowest BCUT2D eigenvalue weighted by Crippen LogP contribution is -2.37. The van der Waals surface area contributed by atoms with E-state index in [1.807, 2.05) is 0 Å². The molecule has 5 nitrogen and oxygen atoms in total. The molecule has 1 aliphatic rings. The van der Waals surface area contributed by atoms with Crippen molar-refractivity contribution in [1.29, 1.82) is 0 Å². The topological polar surface area (TPSA) is 64.6 Å². The molecule has 0 aliphatic carbocycles. The van der Waals surface area contributed by atoms with Crippen LogP contribution in [0, 0.1) is 5.82 Å². The zero-order chi connectivity index (χ0) is 12.4. The van der Waals surface area contributed by atoms with Crippen LogP contribution in [0.15, 0.2) is 22.7 Å². The van der Waals surface area contributed by atoms with Gasteiger partial charge in [0.2, 0.25) is 0 Å². The second kappa shape index (κ2) is 4.70. The number of rotatable bonds is 2. The van der Waals surface area contributed by atoms with Gasteiger partial charge in [0, 0.05) is 5.69 Å². The Hall–Kier alpha value is -1.63. The van der Waals surface area contributed by atoms with Crippen LogP contribution in [0.3, 0.4) is 0 Å². The van der Waals surface area contributed by atoms with Gasteiger partial charge in [0.25, 0.3) is 0 Å². The number of esters is 2. The number of nitrogens with one attached hydrogen (secondary N) is 1. The fraction of sp³-hybridized carbons (Fsp3) is 0.200. The molecule has 0 aromatic heterocycles. The molecule has 0 amide bonds. The molecule has 1 heterocycles. The van der Waals surface area contributed by atoms with Crippen LogP contribution in [0.1, 0.15) is 6.42 Å². The number of anilines is 1. The Kier molecular flexibility index (Phi) is 3.28. The summed E-state index contributed by atoms with van der Waals surface area (Å²) in [5, 5.41) is 2.56. The van der Waals surface area contributed by atoms with Crippen molar-refractivity contribution < 1.29 is 23.5 Å². The van der Waals surface area contributed by atoms with Crippen LogP contribution < -0.4 is 5.32 Å². The quantitative estimate of drug-likeness (QED) is 0.666. The van der Waals surface area contributed by atoms with Gasteiger partial charge in [0.1, 0.15) is 12.2 Å². The van der Waals surface area contributed by atoms with E-state index in [-0.39, 0.29) is 0 Å². The van der Waals surface area contributed by atoms with Crippen molar-refractivity contribution in [3.8, 4) is 0 Å². The zero-order valence-electron chi connectivity index (χ0n) is 8.41. The minimum absolute atomic E-state index is 0.306. The van der Waals surface area contributed by atoms with Crippen LogP contribution in [-0.2, 0) is 19.1 Å². The lowest BCUT2D eigenvalue weighted by atomic mass is 10.3. The molecule has 1 saturated heterocycles. The minimum Gasteiger partial charge on any atom is -0.406 e. The first kappa shape index (κ1) is 11.8. The fourth-order valence-corrected chi connectivity index (χ4v) is 1.49. The summed E-state index contributed by atoms with van der Waals surface area (Å²) in [5.41, 5.74) is 0.332. The highest BCUT2D eigenvalue weighted by Crippen LogP contribution is 2.21. The summed E-state index contributed by atoms with van der Waals surface area (Å²) >= 11 is 3.00. The Bertz CT molecular complexity index is 463. The predicted molar refractivity (Wildman–Crippen MR) is 58.3 cm³/mol. The average Bonchev–Trinajstić information content (AvgIpc) is 2.22. The Morgan fingerprint density at radius 1 is 1.29 bits per heavy atom. The molecule has 0 atom stereocenters. The molecular weight excluding hydrogens is 297 g/mol. The monoisotopic (exact) mass is 303 g/mol. The van der Waals surface area contributed by atoms with Gasteiger partial charge in [-0.1, -0.05) is 0 Å². The van der Waals surface area contributed by atoms with Gasteiger partial charge in [-0.05, 0) is 34.1 Å². The Balaban J connectivity index is 2.07. The van der Waals surface area contributed by atoms with Gasteiger partial charge in [-0.15, -0.1) is 0 Å². The second-order valence-electron chi connectivity index (χ2n) is 3.26.